The summed E-state index contributed by atoms with van der Waals surface area (Å²) in [6, 6.07) is 12.8. The van der Waals surface area contributed by atoms with Crippen LogP contribution in [0.1, 0.15) is 24.0 Å². The summed E-state index contributed by atoms with van der Waals surface area (Å²) >= 11 is 0. The molecule has 0 aliphatic carbocycles. The van der Waals surface area contributed by atoms with Crippen LogP contribution in [0.4, 0.5) is 5.69 Å². The van der Waals surface area contributed by atoms with Crippen molar-refractivity contribution in [2.24, 2.45) is 0 Å². The van der Waals surface area contributed by atoms with Crippen LogP contribution in [0.5, 0.6) is 0 Å². The minimum Gasteiger partial charge on any atom is -0.371 e. The van der Waals surface area contributed by atoms with Crippen LogP contribution in [-0.4, -0.2) is 23.1 Å². The van der Waals surface area contributed by atoms with E-state index in [0.29, 0.717) is 0 Å². The molecule has 0 unspecified atom stereocenters. The standard InChI is InChI=1S/C20H19N3/c1-2-8-18-17(7-1)21-13-19(22-18)16-11-14-5-3-9-23-10-4-6-15(12-16)20(14)23/h1-2,7-8,11-13H,3-6,9-10H2. The van der Waals surface area contributed by atoms with Gasteiger partial charge in [-0.05, 0) is 61.1 Å². The molecule has 0 fully saturated rings. The number of benzene rings is 2. The lowest BCUT2D eigenvalue weighted by Gasteiger charge is -2.37. The number of nitrogens with zero attached hydrogens (tertiary/aromatic N) is 3. The average molecular weight is 301 g/mol. The molecule has 0 spiro atoms. The number of hydrogen-bond acceptors (Lipinski definition) is 3. The van der Waals surface area contributed by atoms with Crippen LogP contribution in [0.2, 0.25) is 0 Å². The van der Waals surface area contributed by atoms with Crippen molar-refractivity contribution in [1.29, 1.82) is 0 Å². The van der Waals surface area contributed by atoms with Crippen molar-refractivity contribution in [2.45, 2.75) is 25.7 Å². The lowest BCUT2D eigenvalue weighted by Crippen LogP contribution is -2.34. The van der Waals surface area contributed by atoms with Crippen molar-refractivity contribution >= 4 is 16.7 Å². The second-order valence-electron chi connectivity index (χ2n) is 6.58. The number of fused-ring (bicyclic) bond motifs is 1. The van der Waals surface area contributed by atoms with Gasteiger partial charge in [0, 0.05) is 24.3 Å². The second kappa shape index (κ2) is 5.05. The minimum absolute atomic E-state index is 0.960. The van der Waals surface area contributed by atoms with Crippen LogP contribution in [-0.2, 0) is 12.8 Å². The molecular formula is C20H19N3. The zero-order chi connectivity index (χ0) is 15.2. The molecule has 0 saturated carbocycles. The highest BCUT2D eigenvalue weighted by molar-refractivity contribution is 5.78. The minimum atomic E-state index is 0.960. The molecule has 2 aliphatic heterocycles. The molecule has 2 aromatic carbocycles. The molecule has 114 valence electrons. The molecule has 5 rings (SSSR count). The van der Waals surface area contributed by atoms with Gasteiger partial charge in [0.2, 0.25) is 0 Å². The van der Waals surface area contributed by atoms with E-state index in [-0.39, 0.29) is 0 Å². The first-order valence-electron chi connectivity index (χ1n) is 8.51. The van der Waals surface area contributed by atoms with Crippen molar-refractivity contribution in [3.63, 3.8) is 0 Å². The summed E-state index contributed by atoms with van der Waals surface area (Å²) in [5.74, 6) is 0. The predicted molar refractivity (Wildman–Crippen MR) is 93.8 cm³/mol. The SMILES string of the molecule is c1ccc2nc(-c3cc4c5c(c3)CCCN5CCC4)cnc2c1. The van der Waals surface area contributed by atoms with E-state index >= 15 is 0 Å². The zero-order valence-corrected chi connectivity index (χ0v) is 13.1. The van der Waals surface area contributed by atoms with E-state index in [2.05, 4.69) is 22.0 Å². The van der Waals surface area contributed by atoms with Crippen molar-refractivity contribution in [2.75, 3.05) is 18.0 Å². The maximum absolute atomic E-state index is 4.83. The van der Waals surface area contributed by atoms with Crippen molar-refractivity contribution in [3.05, 3.63) is 53.7 Å². The van der Waals surface area contributed by atoms with Crippen LogP contribution in [0, 0.1) is 0 Å². The quantitative estimate of drug-likeness (QED) is 0.680. The summed E-state index contributed by atoms with van der Waals surface area (Å²) in [6.07, 6.45) is 6.82. The Balaban J connectivity index is 1.67. The normalized spacial score (nSPS) is 16.4. The van der Waals surface area contributed by atoms with Crippen LogP contribution in [0.15, 0.2) is 42.6 Å². The first-order valence-corrected chi connectivity index (χ1v) is 8.51. The molecule has 0 bridgehead atoms. The van der Waals surface area contributed by atoms with Crippen LogP contribution in [0.3, 0.4) is 0 Å². The van der Waals surface area contributed by atoms with E-state index in [1.165, 1.54) is 61.2 Å². The number of hydrogen-bond donors (Lipinski definition) is 0. The van der Waals surface area contributed by atoms with Gasteiger partial charge < -0.3 is 4.90 Å². The van der Waals surface area contributed by atoms with E-state index < -0.39 is 0 Å². The highest BCUT2D eigenvalue weighted by Crippen LogP contribution is 2.38. The number of para-hydroxylation sites is 2. The van der Waals surface area contributed by atoms with Gasteiger partial charge in [0.15, 0.2) is 0 Å². The number of aromatic nitrogens is 2. The molecule has 0 saturated heterocycles. The summed E-state index contributed by atoms with van der Waals surface area (Å²) in [4.78, 5) is 12.0. The van der Waals surface area contributed by atoms with Crippen molar-refractivity contribution in [3.8, 4) is 11.3 Å². The Morgan fingerprint density at radius 1 is 0.870 bits per heavy atom. The van der Waals surface area contributed by atoms with Crippen LogP contribution in [0.25, 0.3) is 22.3 Å². The maximum atomic E-state index is 4.83. The lowest BCUT2D eigenvalue weighted by molar-refractivity contribution is 0.634. The van der Waals surface area contributed by atoms with Crippen molar-refractivity contribution < 1.29 is 0 Å². The molecule has 3 aromatic rings. The lowest BCUT2D eigenvalue weighted by atomic mass is 9.89. The molecule has 0 radical (unpaired) electrons. The highest BCUT2D eigenvalue weighted by atomic mass is 15.1. The topological polar surface area (TPSA) is 29.0 Å². The Bertz CT molecular complexity index is 869. The molecule has 0 N–H and O–H groups in total. The smallest absolute Gasteiger partial charge is 0.0894 e. The number of aryl methyl sites for hydroxylation is 2. The fourth-order valence-electron chi connectivity index (χ4n) is 4.05. The van der Waals surface area contributed by atoms with Gasteiger partial charge in [-0.25, -0.2) is 4.98 Å². The van der Waals surface area contributed by atoms with Gasteiger partial charge in [-0.15, -0.1) is 0 Å². The van der Waals surface area contributed by atoms with Gasteiger partial charge in [0.25, 0.3) is 0 Å². The Labute approximate surface area is 136 Å². The first-order chi connectivity index (χ1) is 11.4. The largest absolute Gasteiger partial charge is 0.371 e. The third-order valence-electron chi connectivity index (χ3n) is 5.08. The second-order valence-corrected chi connectivity index (χ2v) is 6.58. The van der Waals surface area contributed by atoms with Gasteiger partial charge in [-0.1, -0.05) is 12.1 Å². The summed E-state index contributed by atoms with van der Waals surface area (Å²) in [5, 5.41) is 0. The van der Waals surface area contributed by atoms with Crippen molar-refractivity contribution in [1.82, 2.24) is 9.97 Å². The van der Waals surface area contributed by atoms with Gasteiger partial charge in [-0.3, -0.25) is 4.98 Å². The zero-order valence-electron chi connectivity index (χ0n) is 13.1. The summed E-state index contributed by atoms with van der Waals surface area (Å²) in [5.41, 5.74) is 8.66. The van der Waals surface area contributed by atoms with E-state index in [4.69, 9.17) is 4.98 Å². The molecule has 2 aliphatic rings. The Morgan fingerprint density at radius 3 is 2.30 bits per heavy atom. The fourth-order valence-corrected chi connectivity index (χ4v) is 4.05. The molecular weight excluding hydrogens is 282 g/mol. The van der Waals surface area contributed by atoms with E-state index in [1.807, 2.05) is 30.5 Å². The molecule has 23 heavy (non-hydrogen) atoms. The molecule has 1 aromatic heterocycles. The van der Waals surface area contributed by atoms with Gasteiger partial charge in [0.05, 0.1) is 22.9 Å². The Kier molecular flexibility index (Phi) is 2.87. The van der Waals surface area contributed by atoms with E-state index in [0.717, 1.165) is 16.7 Å². The van der Waals surface area contributed by atoms with Crippen LogP contribution >= 0.6 is 0 Å². The summed E-state index contributed by atoms with van der Waals surface area (Å²) in [6.45, 7) is 2.43. The molecule has 3 heteroatoms. The Hall–Kier alpha value is -2.42. The summed E-state index contributed by atoms with van der Waals surface area (Å²) in [7, 11) is 0. The van der Waals surface area contributed by atoms with Gasteiger partial charge in [-0.2, -0.15) is 0 Å². The van der Waals surface area contributed by atoms with Crippen LogP contribution < -0.4 is 4.90 Å². The monoisotopic (exact) mass is 301 g/mol. The third kappa shape index (κ3) is 2.11. The highest BCUT2D eigenvalue weighted by Gasteiger charge is 2.24. The Morgan fingerprint density at radius 2 is 1.57 bits per heavy atom. The third-order valence-corrected chi connectivity index (χ3v) is 5.08. The van der Waals surface area contributed by atoms with E-state index in [9.17, 15) is 0 Å². The van der Waals surface area contributed by atoms with Gasteiger partial charge >= 0.3 is 0 Å². The molecule has 3 heterocycles. The molecule has 3 nitrogen and oxygen atoms in total. The summed E-state index contributed by atoms with van der Waals surface area (Å²) < 4.78 is 0. The average Bonchev–Trinajstić information content (AvgIpc) is 2.62. The van der Waals surface area contributed by atoms with E-state index in [1.54, 1.807) is 0 Å². The molecule has 0 amide bonds. The van der Waals surface area contributed by atoms with Gasteiger partial charge in [0.1, 0.15) is 0 Å². The number of anilines is 1. The maximum Gasteiger partial charge on any atom is 0.0894 e. The predicted octanol–water partition coefficient (Wildman–Crippen LogP) is 4.00. The number of rotatable bonds is 1. The first kappa shape index (κ1) is 13.1. The molecule has 0 atom stereocenters. The fraction of sp³-hybridized carbons (Fsp3) is 0.300.